The van der Waals surface area contributed by atoms with Gasteiger partial charge in [-0.15, -0.1) is 0 Å². The van der Waals surface area contributed by atoms with Gasteiger partial charge in [0.25, 0.3) is 10.0 Å². The summed E-state index contributed by atoms with van der Waals surface area (Å²) in [5.41, 5.74) is 7.21. The molecule has 37 heavy (non-hydrogen) atoms. The molecule has 2 aliphatic carbocycles. The SMILES string of the molecule is Cc1cnc(C(=O)CCCc2cc(S(=O)(=O)NC(=O)Nc3c4c(cc5c3CCC5)CCC4)nn2C)cn1. The summed E-state index contributed by atoms with van der Waals surface area (Å²) in [5.74, 6) is -0.125. The minimum absolute atomic E-state index is 0.125. The molecule has 11 heteroatoms. The predicted molar refractivity (Wildman–Crippen MR) is 137 cm³/mol. The molecule has 2 aliphatic rings. The van der Waals surface area contributed by atoms with Gasteiger partial charge in [-0.05, 0) is 80.5 Å². The molecule has 2 heterocycles. The Morgan fingerprint density at radius 1 is 1.00 bits per heavy atom. The van der Waals surface area contributed by atoms with Gasteiger partial charge in [-0.25, -0.2) is 14.5 Å². The second-order valence-electron chi connectivity index (χ2n) is 9.71. The van der Waals surface area contributed by atoms with Gasteiger partial charge in [0, 0.05) is 37.1 Å². The molecule has 0 unspecified atom stereocenters. The summed E-state index contributed by atoms with van der Waals surface area (Å²) in [6, 6.07) is 2.90. The van der Waals surface area contributed by atoms with E-state index in [1.165, 1.54) is 28.1 Å². The highest BCUT2D eigenvalue weighted by molar-refractivity contribution is 7.90. The van der Waals surface area contributed by atoms with Crippen molar-refractivity contribution < 1.29 is 18.0 Å². The first kappa shape index (κ1) is 25.1. The molecular weight excluding hydrogens is 492 g/mol. The Morgan fingerprint density at radius 3 is 2.35 bits per heavy atom. The Hall–Kier alpha value is -3.60. The molecule has 2 amide bonds. The van der Waals surface area contributed by atoms with Crippen LogP contribution in [-0.4, -0.2) is 40.0 Å². The second-order valence-corrected chi connectivity index (χ2v) is 11.3. The number of hydrogen-bond donors (Lipinski definition) is 2. The van der Waals surface area contributed by atoms with Crippen LogP contribution >= 0.6 is 0 Å². The van der Waals surface area contributed by atoms with E-state index in [0.29, 0.717) is 24.2 Å². The number of aryl methyl sites for hydroxylation is 5. The number of carbonyl (C=O) groups is 2. The lowest BCUT2D eigenvalue weighted by Crippen LogP contribution is -2.35. The molecule has 1 aromatic carbocycles. The van der Waals surface area contributed by atoms with Gasteiger partial charge in [0.2, 0.25) is 0 Å². The zero-order valence-corrected chi connectivity index (χ0v) is 21.8. The maximum absolute atomic E-state index is 12.9. The van der Waals surface area contributed by atoms with E-state index >= 15 is 0 Å². The maximum Gasteiger partial charge on any atom is 0.333 e. The molecule has 0 atom stereocenters. The van der Waals surface area contributed by atoms with Crippen LogP contribution in [0.25, 0.3) is 0 Å². The fraction of sp³-hybridized carbons (Fsp3) is 0.423. The van der Waals surface area contributed by atoms with Gasteiger partial charge in [0.15, 0.2) is 10.8 Å². The summed E-state index contributed by atoms with van der Waals surface area (Å²) < 4.78 is 29.5. The van der Waals surface area contributed by atoms with E-state index in [9.17, 15) is 18.0 Å². The van der Waals surface area contributed by atoms with Gasteiger partial charge in [-0.3, -0.25) is 14.5 Å². The van der Waals surface area contributed by atoms with Crippen LogP contribution in [0.1, 0.15) is 69.8 Å². The van der Waals surface area contributed by atoms with Crippen molar-refractivity contribution in [2.45, 2.75) is 69.7 Å². The van der Waals surface area contributed by atoms with Crippen molar-refractivity contribution in [1.82, 2.24) is 24.5 Å². The lowest BCUT2D eigenvalue weighted by atomic mass is 9.99. The third kappa shape index (κ3) is 5.27. The van der Waals surface area contributed by atoms with Crippen LogP contribution in [0.3, 0.4) is 0 Å². The van der Waals surface area contributed by atoms with Gasteiger partial charge in [0.1, 0.15) is 5.69 Å². The molecule has 194 valence electrons. The first-order chi connectivity index (χ1) is 17.7. The number of urea groups is 1. The molecule has 0 radical (unpaired) electrons. The fourth-order valence-corrected chi connectivity index (χ4v) is 6.14. The average molecular weight is 523 g/mol. The number of benzene rings is 1. The van der Waals surface area contributed by atoms with E-state index in [4.69, 9.17) is 0 Å². The lowest BCUT2D eigenvalue weighted by Gasteiger charge is -2.16. The van der Waals surface area contributed by atoms with E-state index in [0.717, 1.165) is 61.0 Å². The van der Waals surface area contributed by atoms with Crippen molar-refractivity contribution in [2.75, 3.05) is 5.32 Å². The van der Waals surface area contributed by atoms with Gasteiger partial charge in [-0.2, -0.15) is 13.5 Å². The van der Waals surface area contributed by atoms with Crippen molar-refractivity contribution in [2.24, 2.45) is 7.05 Å². The zero-order valence-electron chi connectivity index (χ0n) is 21.0. The molecule has 0 spiro atoms. The monoisotopic (exact) mass is 522 g/mol. The number of sulfonamides is 1. The summed E-state index contributed by atoms with van der Waals surface area (Å²) in [4.78, 5) is 33.3. The standard InChI is InChI=1S/C26H30N6O4S/c1-16-14-28-22(15-27-16)23(33)11-5-8-19-13-24(30-32(19)2)37(35,36)31-26(34)29-25-20-9-3-6-17(20)12-18-7-4-10-21(18)25/h12-15H,3-11H2,1-2H3,(H2,29,31,34). The Labute approximate surface area is 216 Å². The van der Waals surface area contributed by atoms with Gasteiger partial charge in [-0.1, -0.05) is 6.07 Å². The van der Waals surface area contributed by atoms with Gasteiger partial charge < -0.3 is 5.32 Å². The van der Waals surface area contributed by atoms with Crippen LogP contribution in [0.15, 0.2) is 29.6 Å². The van der Waals surface area contributed by atoms with Crippen LogP contribution in [0, 0.1) is 6.92 Å². The van der Waals surface area contributed by atoms with Gasteiger partial charge in [0.05, 0.1) is 11.9 Å². The molecule has 0 saturated heterocycles. The molecular formula is C26H30N6O4S. The Kier molecular flexibility index (Phi) is 6.80. The Bertz CT molecular complexity index is 1450. The van der Waals surface area contributed by atoms with Crippen LogP contribution in [0.2, 0.25) is 0 Å². The molecule has 2 aromatic heterocycles. The number of hydrogen-bond acceptors (Lipinski definition) is 7. The Morgan fingerprint density at radius 2 is 1.70 bits per heavy atom. The number of carbonyl (C=O) groups excluding carboxylic acids is 2. The fourth-order valence-electron chi connectivity index (χ4n) is 5.22. The first-order valence-electron chi connectivity index (χ1n) is 12.6. The van der Waals surface area contributed by atoms with Crippen molar-refractivity contribution >= 4 is 27.5 Å². The molecule has 2 N–H and O–H groups in total. The lowest BCUT2D eigenvalue weighted by molar-refractivity contribution is 0.0974. The summed E-state index contributed by atoms with van der Waals surface area (Å²) >= 11 is 0. The van der Waals surface area contributed by atoms with Crippen LogP contribution in [-0.2, 0) is 49.2 Å². The molecule has 3 aromatic rings. The molecule has 10 nitrogen and oxygen atoms in total. The number of nitrogens with zero attached hydrogens (tertiary/aromatic N) is 4. The zero-order chi connectivity index (χ0) is 26.2. The highest BCUT2D eigenvalue weighted by Gasteiger charge is 2.27. The summed E-state index contributed by atoms with van der Waals surface area (Å²) in [6.07, 6.45) is 9.99. The first-order valence-corrected chi connectivity index (χ1v) is 14.0. The number of aromatic nitrogens is 4. The number of nitrogens with one attached hydrogen (secondary N) is 2. The smallest absolute Gasteiger partial charge is 0.307 e. The van der Waals surface area contributed by atoms with Crippen LogP contribution in [0.5, 0.6) is 0 Å². The minimum atomic E-state index is -4.18. The maximum atomic E-state index is 12.9. The minimum Gasteiger partial charge on any atom is -0.307 e. The summed E-state index contributed by atoms with van der Waals surface area (Å²) in [6.45, 7) is 1.80. The third-order valence-corrected chi connectivity index (χ3v) is 8.28. The quantitative estimate of drug-likeness (QED) is 0.434. The molecule has 0 aliphatic heterocycles. The normalized spacial score (nSPS) is 14.3. The number of Topliss-reactive ketones (excluding diaryl/α,β-unsaturated/α-hetero) is 1. The van der Waals surface area contributed by atoms with Gasteiger partial charge >= 0.3 is 6.03 Å². The number of rotatable bonds is 8. The largest absolute Gasteiger partial charge is 0.333 e. The second kappa shape index (κ2) is 10.0. The van der Waals surface area contributed by atoms with E-state index in [-0.39, 0.29) is 17.2 Å². The topological polar surface area (TPSA) is 136 Å². The summed E-state index contributed by atoms with van der Waals surface area (Å²) in [7, 11) is -2.54. The van der Waals surface area contributed by atoms with Crippen molar-refractivity contribution in [1.29, 1.82) is 0 Å². The number of amides is 2. The average Bonchev–Trinajstić information content (AvgIpc) is 3.59. The van der Waals surface area contributed by atoms with E-state index < -0.39 is 16.1 Å². The molecule has 0 saturated carbocycles. The molecule has 0 fully saturated rings. The molecule has 0 bridgehead atoms. The van der Waals surface area contributed by atoms with Crippen molar-refractivity contribution in [3.63, 3.8) is 0 Å². The van der Waals surface area contributed by atoms with E-state index in [1.807, 2.05) is 0 Å². The third-order valence-electron chi connectivity index (χ3n) is 7.07. The van der Waals surface area contributed by atoms with Crippen LogP contribution in [0.4, 0.5) is 10.5 Å². The number of ketones is 1. The molecule has 5 rings (SSSR count). The predicted octanol–water partition coefficient (Wildman–Crippen LogP) is 3.21. The summed E-state index contributed by atoms with van der Waals surface area (Å²) in [5, 5.41) is 6.71. The Balaban J connectivity index is 1.23. The highest BCUT2D eigenvalue weighted by atomic mass is 32.2. The van der Waals surface area contributed by atoms with E-state index in [1.54, 1.807) is 20.2 Å². The van der Waals surface area contributed by atoms with Crippen molar-refractivity contribution in [3.05, 3.63) is 63.9 Å². The highest BCUT2D eigenvalue weighted by Crippen LogP contribution is 2.38. The van der Waals surface area contributed by atoms with Crippen molar-refractivity contribution in [3.8, 4) is 0 Å². The number of fused-ring (bicyclic) bond motifs is 2. The van der Waals surface area contributed by atoms with E-state index in [2.05, 4.69) is 31.2 Å². The number of anilines is 1. The van der Waals surface area contributed by atoms with Crippen LogP contribution < -0.4 is 10.0 Å².